The van der Waals surface area contributed by atoms with Crippen molar-refractivity contribution in [3.05, 3.63) is 53.8 Å². The second kappa shape index (κ2) is 6.52. The molecule has 4 rings (SSSR count). The van der Waals surface area contributed by atoms with Gasteiger partial charge >= 0.3 is 0 Å². The number of carbonyl (C=O) groups is 1. The molecule has 6 heteroatoms. The van der Waals surface area contributed by atoms with Gasteiger partial charge in [-0.05, 0) is 30.3 Å². The first-order valence-corrected chi connectivity index (χ1v) is 9.09. The minimum absolute atomic E-state index is 0.0924. The lowest BCUT2D eigenvalue weighted by molar-refractivity contribution is -0.130. The van der Waals surface area contributed by atoms with Gasteiger partial charge in [0.1, 0.15) is 11.7 Å². The van der Waals surface area contributed by atoms with Crippen molar-refractivity contribution in [1.29, 1.82) is 0 Å². The van der Waals surface area contributed by atoms with Crippen LogP contribution < -0.4 is 0 Å². The van der Waals surface area contributed by atoms with Gasteiger partial charge in [-0.25, -0.2) is 9.38 Å². The number of hydrogen-bond acceptors (Lipinski definition) is 4. The van der Waals surface area contributed by atoms with Crippen molar-refractivity contribution in [2.75, 3.05) is 26.2 Å². The molecule has 1 amide bonds. The third kappa shape index (κ3) is 3.14. The molecule has 4 nitrogen and oxygen atoms in total. The van der Waals surface area contributed by atoms with Gasteiger partial charge in [0.2, 0.25) is 5.91 Å². The van der Waals surface area contributed by atoms with E-state index in [9.17, 15) is 9.18 Å². The van der Waals surface area contributed by atoms with Gasteiger partial charge in [-0.1, -0.05) is 23.9 Å². The highest BCUT2D eigenvalue weighted by molar-refractivity contribution is 7.99. The number of para-hydroxylation sites is 1. The van der Waals surface area contributed by atoms with Crippen LogP contribution in [0.1, 0.15) is 12.5 Å². The van der Waals surface area contributed by atoms with Crippen LogP contribution in [0.15, 0.2) is 57.2 Å². The Hall–Kier alpha value is -2.34. The number of nitrogens with zero attached hydrogens (tertiary/aromatic N) is 3. The highest BCUT2D eigenvalue weighted by atomic mass is 32.2. The molecule has 0 unspecified atom stereocenters. The van der Waals surface area contributed by atoms with E-state index in [2.05, 4.69) is 4.90 Å². The molecule has 0 spiro atoms. The minimum Gasteiger partial charge on any atom is -0.353 e. The molecule has 25 heavy (non-hydrogen) atoms. The zero-order chi connectivity index (χ0) is 17.4. The fourth-order valence-corrected chi connectivity index (χ4v) is 4.17. The molecule has 0 aromatic heterocycles. The van der Waals surface area contributed by atoms with Gasteiger partial charge in [0, 0.05) is 48.5 Å². The fourth-order valence-electron chi connectivity index (χ4n) is 3.17. The van der Waals surface area contributed by atoms with Crippen LogP contribution in [-0.4, -0.2) is 47.7 Å². The molecule has 2 aromatic carbocycles. The Morgan fingerprint density at radius 3 is 2.60 bits per heavy atom. The number of aliphatic imine (C=N–C) groups is 1. The summed E-state index contributed by atoms with van der Waals surface area (Å²) in [5.41, 5.74) is 1.71. The molecule has 0 saturated carbocycles. The van der Waals surface area contributed by atoms with E-state index in [1.54, 1.807) is 24.8 Å². The summed E-state index contributed by atoms with van der Waals surface area (Å²) in [6.07, 6.45) is 0. The smallest absolute Gasteiger partial charge is 0.219 e. The normalized spacial score (nSPS) is 16.6. The zero-order valence-electron chi connectivity index (χ0n) is 13.9. The van der Waals surface area contributed by atoms with Crippen molar-refractivity contribution in [3.8, 4) is 0 Å². The molecule has 2 aliphatic rings. The lowest BCUT2D eigenvalue weighted by Crippen LogP contribution is -2.50. The van der Waals surface area contributed by atoms with E-state index in [-0.39, 0.29) is 11.7 Å². The number of fused-ring (bicyclic) bond motifs is 2. The zero-order valence-corrected chi connectivity index (χ0v) is 14.7. The second-order valence-corrected chi connectivity index (χ2v) is 7.22. The van der Waals surface area contributed by atoms with Crippen molar-refractivity contribution in [3.63, 3.8) is 0 Å². The van der Waals surface area contributed by atoms with E-state index in [0.717, 1.165) is 26.9 Å². The number of amidine groups is 1. The van der Waals surface area contributed by atoms with Crippen LogP contribution in [-0.2, 0) is 4.79 Å². The van der Waals surface area contributed by atoms with E-state index in [1.807, 2.05) is 35.2 Å². The van der Waals surface area contributed by atoms with Gasteiger partial charge in [0.25, 0.3) is 0 Å². The summed E-state index contributed by atoms with van der Waals surface area (Å²) in [7, 11) is 0. The van der Waals surface area contributed by atoms with E-state index < -0.39 is 0 Å². The highest BCUT2D eigenvalue weighted by Crippen LogP contribution is 2.40. The standard InChI is InChI=1S/C19H18FN3OS/c1-13(24)22-8-10-23(11-9-22)19-15-12-14(20)6-7-17(15)25-18-5-3-2-4-16(18)21-19/h2-7,12H,8-11H2,1H3. The third-order valence-corrected chi connectivity index (χ3v) is 5.66. The molecule has 0 aliphatic carbocycles. The number of carbonyl (C=O) groups excluding carboxylic acids is 1. The van der Waals surface area contributed by atoms with Crippen molar-refractivity contribution in [2.24, 2.45) is 4.99 Å². The van der Waals surface area contributed by atoms with Crippen LogP contribution in [0.3, 0.4) is 0 Å². The molecule has 0 N–H and O–H groups in total. The predicted molar refractivity (Wildman–Crippen MR) is 97.0 cm³/mol. The Morgan fingerprint density at radius 1 is 1.08 bits per heavy atom. The van der Waals surface area contributed by atoms with Gasteiger partial charge in [0.15, 0.2) is 0 Å². The number of hydrogen-bond donors (Lipinski definition) is 0. The van der Waals surface area contributed by atoms with Gasteiger partial charge in [0.05, 0.1) is 5.69 Å². The lowest BCUT2D eigenvalue weighted by Gasteiger charge is -2.36. The first-order chi connectivity index (χ1) is 12.1. The number of rotatable bonds is 0. The fraction of sp³-hybridized carbons (Fsp3) is 0.263. The SMILES string of the molecule is CC(=O)N1CCN(C2=Nc3ccccc3Sc3ccc(F)cc32)CC1. The molecule has 0 bridgehead atoms. The van der Waals surface area contributed by atoms with Crippen LogP contribution in [0.2, 0.25) is 0 Å². The summed E-state index contributed by atoms with van der Waals surface area (Å²) in [6, 6.07) is 12.8. The minimum atomic E-state index is -0.264. The summed E-state index contributed by atoms with van der Waals surface area (Å²) in [5.74, 6) is 0.616. The van der Waals surface area contributed by atoms with Crippen molar-refractivity contribution >= 4 is 29.2 Å². The third-order valence-electron chi connectivity index (χ3n) is 4.52. The summed E-state index contributed by atoms with van der Waals surface area (Å²) in [4.78, 5) is 22.5. The molecule has 0 atom stereocenters. The van der Waals surface area contributed by atoms with Crippen molar-refractivity contribution < 1.29 is 9.18 Å². The van der Waals surface area contributed by atoms with Crippen LogP contribution in [0, 0.1) is 5.82 Å². The number of halogens is 1. The topological polar surface area (TPSA) is 35.9 Å². The highest BCUT2D eigenvalue weighted by Gasteiger charge is 2.26. The predicted octanol–water partition coefficient (Wildman–Crippen LogP) is 3.53. The van der Waals surface area contributed by atoms with Crippen LogP contribution in [0.5, 0.6) is 0 Å². The monoisotopic (exact) mass is 355 g/mol. The number of amides is 1. The van der Waals surface area contributed by atoms with E-state index >= 15 is 0 Å². The Kier molecular flexibility index (Phi) is 4.21. The maximum atomic E-state index is 13.9. The van der Waals surface area contributed by atoms with Crippen LogP contribution in [0.4, 0.5) is 10.1 Å². The van der Waals surface area contributed by atoms with Crippen LogP contribution in [0.25, 0.3) is 0 Å². The first kappa shape index (κ1) is 16.1. The maximum absolute atomic E-state index is 13.9. The molecule has 2 heterocycles. The van der Waals surface area contributed by atoms with Crippen molar-refractivity contribution in [2.45, 2.75) is 16.7 Å². The molecule has 0 radical (unpaired) electrons. The molecular formula is C19H18FN3OS. The lowest BCUT2D eigenvalue weighted by atomic mass is 10.1. The van der Waals surface area contributed by atoms with E-state index in [0.29, 0.717) is 26.2 Å². The molecule has 128 valence electrons. The Labute approximate surface area is 150 Å². The maximum Gasteiger partial charge on any atom is 0.219 e. The van der Waals surface area contributed by atoms with Crippen molar-refractivity contribution in [1.82, 2.24) is 9.80 Å². The van der Waals surface area contributed by atoms with Gasteiger partial charge in [-0.2, -0.15) is 0 Å². The molecule has 2 aliphatic heterocycles. The average Bonchev–Trinajstić information content (AvgIpc) is 2.78. The van der Waals surface area contributed by atoms with Gasteiger partial charge in [-0.15, -0.1) is 0 Å². The van der Waals surface area contributed by atoms with Gasteiger partial charge < -0.3 is 9.80 Å². The largest absolute Gasteiger partial charge is 0.353 e. The van der Waals surface area contributed by atoms with E-state index in [4.69, 9.17) is 4.99 Å². The Bertz CT molecular complexity index is 859. The van der Waals surface area contributed by atoms with Gasteiger partial charge in [-0.3, -0.25) is 4.79 Å². The molecule has 2 aromatic rings. The number of piperazine rings is 1. The summed E-state index contributed by atoms with van der Waals surface area (Å²) in [6.45, 7) is 4.31. The average molecular weight is 355 g/mol. The molecular weight excluding hydrogens is 337 g/mol. The number of benzene rings is 2. The Balaban J connectivity index is 1.76. The molecule has 1 saturated heterocycles. The van der Waals surface area contributed by atoms with E-state index in [1.165, 1.54) is 6.07 Å². The quantitative estimate of drug-likeness (QED) is 0.725. The summed E-state index contributed by atoms with van der Waals surface area (Å²) >= 11 is 1.61. The Morgan fingerprint density at radius 2 is 1.84 bits per heavy atom. The molecule has 1 fully saturated rings. The van der Waals surface area contributed by atoms with Crippen LogP contribution >= 0.6 is 11.8 Å². The second-order valence-electron chi connectivity index (χ2n) is 6.14. The summed E-state index contributed by atoms with van der Waals surface area (Å²) in [5, 5.41) is 0. The summed E-state index contributed by atoms with van der Waals surface area (Å²) < 4.78 is 13.9. The first-order valence-electron chi connectivity index (χ1n) is 8.28.